The molecule has 1 amide bonds. The van der Waals surface area contributed by atoms with Gasteiger partial charge in [0.05, 0.1) is 6.54 Å². The lowest BCUT2D eigenvalue weighted by Crippen LogP contribution is -2.51. The third kappa shape index (κ3) is 4.90. The fourth-order valence-electron chi connectivity index (χ4n) is 2.41. The highest BCUT2D eigenvalue weighted by molar-refractivity contribution is 5.78. The van der Waals surface area contributed by atoms with Crippen LogP contribution in [0.15, 0.2) is 24.3 Å². The van der Waals surface area contributed by atoms with Crippen LogP contribution in [-0.2, 0) is 11.2 Å². The zero-order valence-electron chi connectivity index (χ0n) is 11.9. The molecule has 1 aliphatic rings. The Morgan fingerprint density at radius 3 is 2.90 bits per heavy atom. The molecule has 2 N–H and O–H groups in total. The van der Waals surface area contributed by atoms with Crippen molar-refractivity contribution in [2.75, 3.05) is 32.7 Å². The Balaban J connectivity index is 1.66. The molecular weight excluding hydrogens is 257 g/mol. The summed E-state index contributed by atoms with van der Waals surface area (Å²) in [4.78, 5) is 14.0. The van der Waals surface area contributed by atoms with Gasteiger partial charge >= 0.3 is 0 Å². The predicted octanol–water partition coefficient (Wildman–Crippen LogP) is 0.778. The number of hydrogen-bond acceptors (Lipinski definition) is 3. The lowest BCUT2D eigenvalue weighted by molar-refractivity contribution is -0.122. The zero-order chi connectivity index (χ0) is 14.4. The number of nitrogens with one attached hydrogen (secondary N) is 2. The van der Waals surface area contributed by atoms with E-state index in [9.17, 15) is 9.18 Å². The number of rotatable bonds is 5. The lowest BCUT2D eigenvalue weighted by Gasteiger charge is -2.31. The third-order valence-electron chi connectivity index (χ3n) is 3.47. The van der Waals surface area contributed by atoms with Crippen molar-refractivity contribution in [2.24, 2.45) is 0 Å². The minimum Gasteiger partial charge on any atom is -0.355 e. The number of nitrogens with zero attached hydrogens (tertiary/aromatic N) is 1. The van der Waals surface area contributed by atoms with Crippen LogP contribution in [0.3, 0.4) is 0 Å². The van der Waals surface area contributed by atoms with Crippen LogP contribution in [0.5, 0.6) is 0 Å². The quantitative estimate of drug-likeness (QED) is 0.837. The number of piperazine rings is 1. The van der Waals surface area contributed by atoms with Gasteiger partial charge in [-0.25, -0.2) is 4.39 Å². The van der Waals surface area contributed by atoms with E-state index in [2.05, 4.69) is 22.5 Å². The van der Waals surface area contributed by atoms with E-state index in [0.717, 1.165) is 31.6 Å². The molecule has 1 atom stereocenters. The second-order valence-corrected chi connectivity index (χ2v) is 5.32. The molecule has 2 rings (SSSR count). The Morgan fingerprint density at radius 2 is 2.20 bits per heavy atom. The first-order valence-electron chi connectivity index (χ1n) is 7.10. The Labute approximate surface area is 119 Å². The number of carbonyl (C=O) groups excluding carboxylic acids is 1. The van der Waals surface area contributed by atoms with Gasteiger partial charge in [-0.15, -0.1) is 0 Å². The van der Waals surface area contributed by atoms with Gasteiger partial charge in [0.15, 0.2) is 0 Å². The maximum Gasteiger partial charge on any atom is 0.234 e. The molecule has 0 aliphatic carbocycles. The van der Waals surface area contributed by atoms with Crippen LogP contribution in [0, 0.1) is 5.82 Å². The van der Waals surface area contributed by atoms with Crippen molar-refractivity contribution in [1.29, 1.82) is 0 Å². The van der Waals surface area contributed by atoms with E-state index in [1.807, 2.05) is 0 Å². The van der Waals surface area contributed by atoms with Gasteiger partial charge < -0.3 is 10.6 Å². The van der Waals surface area contributed by atoms with Crippen molar-refractivity contribution in [1.82, 2.24) is 15.5 Å². The zero-order valence-corrected chi connectivity index (χ0v) is 11.9. The molecule has 0 saturated carbocycles. The average Bonchev–Trinajstić information content (AvgIpc) is 2.41. The largest absolute Gasteiger partial charge is 0.355 e. The monoisotopic (exact) mass is 279 g/mol. The van der Waals surface area contributed by atoms with E-state index in [-0.39, 0.29) is 11.7 Å². The fraction of sp³-hybridized carbons (Fsp3) is 0.533. The van der Waals surface area contributed by atoms with E-state index < -0.39 is 0 Å². The number of hydrogen-bond donors (Lipinski definition) is 2. The Morgan fingerprint density at radius 1 is 1.45 bits per heavy atom. The summed E-state index contributed by atoms with van der Waals surface area (Å²) in [5.41, 5.74) is 1.03. The standard InChI is InChI=1S/C15H22FN3O/c1-12-10-19(9-8-17-12)11-15(20)18-7-6-13-2-4-14(16)5-3-13/h2-5,12,17H,6-11H2,1H3,(H,18,20)/t12-/m1/s1. The summed E-state index contributed by atoms with van der Waals surface area (Å²) < 4.78 is 12.7. The van der Waals surface area contributed by atoms with Gasteiger partial charge in [-0.05, 0) is 31.0 Å². The molecule has 0 bridgehead atoms. The van der Waals surface area contributed by atoms with E-state index in [1.165, 1.54) is 12.1 Å². The summed E-state index contributed by atoms with van der Waals surface area (Å²) >= 11 is 0. The molecule has 0 spiro atoms. The maximum absolute atomic E-state index is 12.7. The van der Waals surface area contributed by atoms with Crippen molar-refractivity contribution in [3.05, 3.63) is 35.6 Å². The summed E-state index contributed by atoms with van der Waals surface area (Å²) in [5.74, 6) is -0.174. The smallest absolute Gasteiger partial charge is 0.234 e. The van der Waals surface area contributed by atoms with Gasteiger partial charge in [0.2, 0.25) is 5.91 Å². The van der Waals surface area contributed by atoms with Crippen molar-refractivity contribution in [3.8, 4) is 0 Å². The van der Waals surface area contributed by atoms with Crippen molar-refractivity contribution >= 4 is 5.91 Å². The Kier molecular flexibility index (Phi) is 5.49. The van der Waals surface area contributed by atoms with Crippen molar-refractivity contribution in [2.45, 2.75) is 19.4 Å². The number of carbonyl (C=O) groups is 1. The first-order valence-corrected chi connectivity index (χ1v) is 7.10. The highest BCUT2D eigenvalue weighted by Crippen LogP contribution is 2.03. The van der Waals surface area contributed by atoms with Crippen LogP contribution in [0.4, 0.5) is 4.39 Å². The van der Waals surface area contributed by atoms with Crippen LogP contribution in [-0.4, -0.2) is 49.6 Å². The molecule has 1 aromatic rings. The Hall–Kier alpha value is -1.46. The molecule has 1 aromatic carbocycles. The van der Waals surface area contributed by atoms with Gasteiger partial charge in [0.1, 0.15) is 5.82 Å². The number of halogens is 1. The van der Waals surface area contributed by atoms with Crippen LogP contribution < -0.4 is 10.6 Å². The van der Waals surface area contributed by atoms with Gasteiger partial charge in [-0.1, -0.05) is 12.1 Å². The number of benzene rings is 1. The molecule has 1 heterocycles. The summed E-state index contributed by atoms with van der Waals surface area (Å²) in [6.07, 6.45) is 0.726. The summed E-state index contributed by atoms with van der Waals surface area (Å²) in [6, 6.07) is 6.83. The van der Waals surface area contributed by atoms with Crippen molar-refractivity contribution in [3.63, 3.8) is 0 Å². The minimum absolute atomic E-state index is 0.0567. The second kappa shape index (κ2) is 7.36. The second-order valence-electron chi connectivity index (χ2n) is 5.32. The van der Waals surface area contributed by atoms with Gasteiger partial charge in [-0.2, -0.15) is 0 Å². The molecule has 0 aromatic heterocycles. The predicted molar refractivity (Wildman–Crippen MR) is 77.0 cm³/mol. The maximum atomic E-state index is 12.7. The highest BCUT2D eigenvalue weighted by Gasteiger charge is 2.17. The van der Waals surface area contributed by atoms with Crippen LogP contribution in [0.1, 0.15) is 12.5 Å². The summed E-state index contributed by atoms with van der Waals surface area (Å²) in [6.45, 7) is 5.92. The molecule has 5 heteroatoms. The van der Waals surface area contributed by atoms with E-state index in [0.29, 0.717) is 19.1 Å². The minimum atomic E-state index is -0.231. The van der Waals surface area contributed by atoms with E-state index in [1.54, 1.807) is 12.1 Å². The number of amides is 1. The summed E-state index contributed by atoms with van der Waals surface area (Å²) in [5, 5.41) is 6.26. The third-order valence-corrected chi connectivity index (χ3v) is 3.47. The van der Waals surface area contributed by atoms with Gasteiger partial charge in [0.25, 0.3) is 0 Å². The van der Waals surface area contributed by atoms with Crippen LogP contribution >= 0.6 is 0 Å². The molecular formula is C15H22FN3O. The van der Waals surface area contributed by atoms with E-state index >= 15 is 0 Å². The molecule has 4 nitrogen and oxygen atoms in total. The first-order chi connectivity index (χ1) is 9.63. The normalized spacial score (nSPS) is 19.8. The molecule has 1 aliphatic heterocycles. The van der Waals surface area contributed by atoms with Crippen molar-refractivity contribution < 1.29 is 9.18 Å². The molecule has 0 radical (unpaired) electrons. The fourth-order valence-corrected chi connectivity index (χ4v) is 2.41. The molecule has 1 saturated heterocycles. The van der Waals surface area contributed by atoms with Gasteiger partial charge in [0, 0.05) is 32.2 Å². The van der Waals surface area contributed by atoms with Crippen LogP contribution in [0.2, 0.25) is 0 Å². The molecule has 20 heavy (non-hydrogen) atoms. The summed E-state index contributed by atoms with van der Waals surface area (Å²) in [7, 11) is 0. The highest BCUT2D eigenvalue weighted by atomic mass is 19.1. The molecule has 1 fully saturated rings. The average molecular weight is 279 g/mol. The lowest BCUT2D eigenvalue weighted by atomic mass is 10.1. The SMILES string of the molecule is C[C@@H]1CN(CC(=O)NCCc2ccc(F)cc2)CCN1. The van der Waals surface area contributed by atoms with Crippen LogP contribution in [0.25, 0.3) is 0 Å². The molecule has 0 unspecified atom stereocenters. The molecule has 110 valence electrons. The first kappa shape index (κ1) is 14.9. The Bertz CT molecular complexity index is 435. The van der Waals surface area contributed by atoms with Gasteiger partial charge in [-0.3, -0.25) is 9.69 Å². The topological polar surface area (TPSA) is 44.4 Å². The van der Waals surface area contributed by atoms with E-state index in [4.69, 9.17) is 0 Å².